The van der Waals surface area contributed by atoms with Gasteiger partial charge < -0.3 is 30.7 Å². The van der Waals surface area contributed by atoms with Crippen molar-refractivity contribution in [2.45, 2.75) is 32.2 Å². The van der Waals surface area contributed by atoms with Crippen LogP contribution in [0, 0.1) is 0 Å². The molecule has 10 heteroatoms. The summed E-state index contributed by atoms with van der Waals surface area (Å²) in [7, 11) is 1.54. The van der Waals surface area contributed by atoms with Crippen LogP contribution in [-0.2, 0) is 6.42 Å². The lowest BCUT2D eigenvalue weighted by Gasteiger charge is -2.19. The van der Waals surface area contributed by atoms with Crippen molar-refractivity contribution in [2.24, 2.45) is 0 Å². The first kappa shape index (κ1) is 22.4. The zero-order chi connectivity index (χ0) is 24.0. The number of methoxy groups -OCH3 is 1. The predicted octanol–water partition coefficient (Wildman–Crippen LogP) is 5.60. The average molecular weight is 500 g/mol. The molecule has 0 bridgehead atoms. The Bertz CT molecular complexity index is 1260. The first-order valence-electron chi connectivity index (χ1n) is 10.7. The zero-order valence-electron chi connectivity index (χ0n) is 18.8. The maximum absolute atomic E-state index is 13.3. The van der Waals surface area contributed by atoms with E-state index < -0.39 is 5.60 Å². The van der Waals surface area contributed by atoms with E-state index in [1.54, 1.807) is 42.6 Å². The van der Waals surface area contributed by atoms with Gasteiger partial charge in [0.15, 0.2) is 6.29 Å². The highest BCUT2D eigenvalue weighted by atomic mass is 35.5. The molecule has 0 saturated heterocycles. The van der Waals surface area contributed by atoms with Gasteiger partial charge in [0.1, 0.15) is 11.4 Å². The summed E-state index contributed by atoms with van der Waals surface area (Å²) in [4.78, 5) is 17.4. The number of rotatable bonds is 5. The zero-order valence-corrected chi connectivity index (χ0v) is 20.3. The third-order valence-corrected chi connectivity index (χ3v) is 6.28. The number of carbonyl (C=O) groups excluding carboxylic acids is 1. The van der Waals surface area contributed by atoms with Gasteiger partial charge in [-0.2, -0.15) is 0 Å². The number of amides is 1. The molecule has 2 aliphatic rings. The normalized spacial score (nSPS) is 17.0. The second kappa shape index (κ2) is 8.45. The molecule has 4 N–H and O–H groups in total. The summed E-state index contributed by atoms with van der Waals surface area (Å²) < 4.78 is 11.3. The lowest BCUT2D eigenvalue weighted by Crippen LogP contribution is -2.31. The van der Waals surface area contributed by atoms with E-state index >= 15 is 0 Å². The summed E-state index contributed by atoms with van der Waals surface area (Å²) in [5.41, 5.74) is 3.73. The standard InChI is InChI=1S/C24H23Cl2N5O3/c1-24(2)10-14-19-17(29-23(30-19)31-20-15(25)5-4-6-16(20)26)9-13(21(14)34-24)22(32)28-12-7-8-18(33-3)27-11-12/h4-9,11,23,29-31H,10H2,1-3H3,(H,28,32). The molecule has 0 fully saturated rings. The third kappa shape index (κ3) is 4.15. The van der Waals surface area contributed by atoms with Crippen molar-refractivity contribution in [3.63, 3.8) is 0 Å². The van der Waals surface area contributed by atoms with E-state index in [2.05, 4.69) is 26.3 Å². The lowest BCUT2D eigenvalue weighted by molar-refractivity contribution is 0.101. The molecular formula is C24H23Cl2N5O3. The number of aromatic nitrogens is 1. The van der Waals surface area contributed by atoms with Gasteiger partial charge in [0.2, 0.25) is 5.88 Å². The number of nitrogens with one attached hydrogen (secondary N) is 4. The Balaban J connectivity index is 1.45. The summed E-state index contributed by atoms with van der Waals surface area (Å²) in [6.45, 7) is 3.99. The highest BCUT2D eigenvalue weighted by molar-refractivity contribution is 6.39. The Hall–Kier alpha value is -3.36. The number of nitrogens with zero attached hydrogens (tertiary/aromatic N) is 1. The van der Waals surface area contributed by atoms with Crippen molar-refractivity contribution in [3.8, 4) is 11.6 Å². The Morgan fingerprint density at radius 3 is 2.65 bits per heavy atom. The Kier molecular flexibility index (Phi) is 5.58. The molecule has 1 aromatic heterocycles. The van der Waals surface area contributed by atoms with Crippen molar-refractivity contribution in [1.29, 1.82) is 0 Å². The number of benzene rings is 2. The molecule has 1 amide bonds. The Morgan fingerprint density at radius 2 is 1.97 bits per heavy atom. The number of hydrogen-bond donors (Lipinski definition) is 4. The first-order chi connectivity index (χ1) is 16.2. The van der Waals surface area contributed by atoms with Gasteiger partial charge in [-0.15, -0.1) is 0 Å². The molecule has 5 rings (SSSR count). The Labute approximate surface area is 207 Å². The molecule has 3 aromatic rings. The SMILES string of the molecule is COc1ccc(NC(=O)c2cc3c(c4c2OC(C)(C)C4)NC(Nc2c(Cl)cccc2Cl)N3)cn1. The van der Waals surface area contributed by atoms with Gasteiger partial charge in [-0.25, -0.2) is 4.98 Å². The number of para-hydroxylation sites is 1. The molecule has 176 valence electrons. The summed E-state index contributed by atoms with van der Waals surface area (Å²) >= 11 is 12.6. The van der Waals surface area contributed by atoms with Gasteiger partial charge in [0, 0.05) is 18.1 Å². The highest BCUT2D eigenvalue weighted by Gasteiger charge is 2.39. The number of halogens is 2. The molecule has 34 heavy (non-hydrogen) atoms. The van der Waals surface area contributed by atoms with Gasteiger partial charge in [-0.05, 0) is 38.1 Å². The summed E-state index contributed by atoms with van der Waals surface area (Å²) in [6, 6.07) is 10.5. The van der Waals surface area contributed by atoms with Crippen LogP contribution in [0.1, 0.15) is 29.8 Å². The number of anilines is 4. The monoisotopic (exact) mass is 499 g/mol. The topological polar surface area (TPSA) is 96.5 Å². The molecule has 3 heterocycles. The van der Waals surface area contributed by atoms with Gasteiger partial charge >= 0.3 is 0 Å². The smallest absolute Gasteiger partial charge is 0.259 e. The Morgan fingerprint density at radius 1 is 1.21 bits per heavy atom. The van der Waals surface area contributed by atoms with Crippen LogP contribution in [-0.4, -0.2) is 29.9 Å². The number of carbonyl (C=O) groups is 1. The van der Waals surface area contributed by atoms with Crippen molar-refractivity contribution in [2.75, 3.05) is 28.4 Å². The molecule has 1 unspecified atom stereocenters. The maximum atomic E-state index is 13.3. The molecule has 1 atom stereocenters. The molecule has 2 aliphatic heterocycles. The van der Waals surface area contributed by atoms with Crippen LogP contribution in [0.4, 0.5) is 22.7 Å². The minimum Gasteiger partial charge on any atom is -0.486 e. The van der Waals surface area contributed by atoms with Gasteiger partial charge in [-0.1, -0.05) is 29.3 Å². The van der Waals surface area contributed by atoms with E-state index in [0.717, 1.165) is 16.9 Å². The largest absolute Gasteiger partial charge is 0.486 e. The molecule has 0 spiro atoms. The molecule has 0 radical (unpaired) electrons. The van der Waals surface area contributed by atoms with E-state index in [4.69, 9.17) is 32.7 Å². The van der Waals surface area contributed by atoms with Gasteiger partial charge in [-0.3, -0.25) is 4.79 Å². The fourth-order valence-corrected chi connectivity index (χ4v) is 4.66. The van der Waals surface area contributed by atoms with E-state index in [1.165, 1.54) is 7.11 Å². The third-order valence-electron chi connectivity index (χ3n) is 5.65. The van der Waals surface area contributed by atoms with Crippen molar-refractivity contribution < 1.29 is 14.3 Å². The number of hydrogen-bond acceptors (Lipinski definition) is 7. The van der Waals surface area contributed by atoms with Crippen LogP contribution in [0.15, 0.2) is 42.6 Å². The van der Waals surface area contributed by atoms with Crippen LogP contribution in [0.2, 0.25) is 10.0 Å². The van der Waals surface area contributed by atoms with E-state index in [0.29, 0.717) is 45.0 Å². The van der Waals surface area contributed by atoms with Crippen LogP contribution >= 0.6 is 23.2 Å². The van der Waals surface area contributed by atoms with Crippen LogP contribution in [0.25, 0.3) is 0 Å². The number of ether oxygens (including phenoxy) is 2. The van der Waals surface area contributed by atoms with E-state index in [9.17, 15) is 4.79 Å². The predicted molar refractivity (Wildman–Crippen MR) is 135 cm³/mol. The van der Waals surface area contributed by atoms with Gasteiger partial charge in [0.25, 0.3) is 5.91 Å². The molecular weight excluding hydrogens is 477 g/mol. The van der Waals surface area contributed by atoms with Crippen LogP contribution < -0.4 is 30.7 Å². The van der Waals surface area contributed by atoms with Crippen molar-refractivity contribution in [3.05, 3.63) is 63.8 Å². The van der Waals surface area contributed by atoms with E-state index in [-0.39, 0.29) is 12.2 Å². The lowest BCUT2D eigenvalue weighted by atomic mass is 9.97. The maximum Gasteiger partial charge on any atom is 0.259 e. The molecule has 0 aliphatic carbocycles. The molecule has 8 nitrogen and oxygen atoms in total. The van der Waals surface area contributed by atoms with Crippen LogP contribution in [0.3, 0.4) is 0 Å². The average Bonchev–Trinajstić information content (AvgIpc) is 3.35. The van der Waals surface area contributed by atoms with E-state index in [1.807, 2.05) is 13.8 Å². The number of pyridine rings is 1. The fraction of sp³-hybridized carbons (Fsp3) is 0.250. The minimum absolute atomic E-state index is 0.295. The van der Waals surface area contributed by atoms with Crippen molar-refractivity contribution in [1.82, 2.24) is 4.98 Å². The minimum atomic E-state index is -0.451. The summed E-state index contributed by atoms with van der Waals surface area (Å²) in [5, 5.41) is 14.0. The van der Waals surface area contributed by atoms with Crippen LogP contribution in [0.5, 0.6) is 11.6 Å². The highest BCUT2D eigenvalue weighted by Crippen LogP contribution is 2.48. The van der Waals surface area contributed by atoms with Gasteiger partial charge in [0.05, 0.1) is 51.7 Å². The first-order valence-corrected chi connectivity index (χ1v) is 11.4. The fourth-order valence-electron chi connectivity index (χ4n) is 4.15. The van der Waals surface area contributed by atoms with Crippen molar-refractivity contribution >= 4 is 51.9 Å². The molecule has 2 aromatic carbocycles. The summed E-state index contributed by atoms with van der Waals surface area (Å²) in [6.07, 6.45) is 1.80. The second-order valence-corrected chi connectivity index (χ2v) is 9.51. The summed E-state index contributed by atoms with van der Waals surface area (Å²) in [5.74, 6) is 0.735. The molecule has 0 saturated carbocycles. The quantitative estimate of drug-likeness (QED) is 0.362. The second-order valence-electron chi connectivity index (χ2n) is 8.70. The number of fused-ring (bicyclic) bond motifs is 3.